The third-order valence-electron chi connectivity index (χ3n) is 5.47. The van der Waals surface area contributed by atoms with Crippen molar-refractivity contribution in [1.29, 1.82) is 0 Å². The Morgan fingerprint density at radius 3 is 1.96 bits per heavy atom. The second-order valence-corrected chi connectivity index (χ2v) is 7.23. The van der Waals surface area contributed by atoms with Crippen LogP contribution < -0.4 is 0 Å². The molecule has 0 spiro atoms. The first kappa shape index (κ1) is 21.4. The smallest absolute Gasteiger partial charge is 0.223 e. The number of unbranched alkanes of at least 4 members (excludes halogenated alkanes) is 1. The lowest BCUT2D eigenvalue weighted by Crippen LogP contribution is -2.51. The molecule has 0 saturated carbocycles. The highest BCUT2D eigenvalue weighted by Crippen LogP contribution is 2.10. The number of aryl methyl sites for hydroxylation is 1. The number of hydrogen-bond donors (Lipinski definition) is 0. The van der Waals surface area contributed by atoms with Crippen LogP contribution in [-0.2, 0) is 16.0 Å². The number of carbonyl (C=O) groups excluding carboxylic acids is 2. The summed E-state index contributed by atoms with van der Waals surface area (Å²) in [5, 5.41) is 0. The lowest BCUT2D eigenvalue weighted by Gasteiger charge is -2.35. The molecule has 0 aromatic heterocycles. The Bertz CT molecular complexity index is 564. The van der Waals surface area contributed by atoms with Crippen LogP contribution in [0, 0.1) is 0 Å². The topological polar surface area (TPSA) is 43.9 Å². The van der Waals surface area contributed by atoms with Gasteiger partial charge < -0.3 is 14.7 Å². The van der Waals surface area contributed by atoms with E-state index in [4.69, 9.17) is 0 Å². The molecule has 0 radical (unpaired) electrons. The summed E-state index contributed by atoms with van der Waals surface area (Å²) in [6.07, 6.45) is 4.19. The highest BCUT2D eigenvalue weighted by molar-refractivity contribution is 5.78. The van der Waals surface area contributed by atoms with E-state index in [1.807, 2.05) is 15.9 Å². The molecule has 1 aliphatic heterocycles. The molecule has 0 atom stereocenters. The molecule has 2 rings (SSSR count). The molecule has 5 nitrogen and oxygen atoms in total. The van der Waals surface area contributed by atoms with Crippen LogP contribution >= 0.6 is 0 Å². The largest absolute Gasteiger partial charge is 0.339 e. The Balaban J connectivity index is 1.61. The van der Waals surface area contributed by atoms with Gasteiger partial charge in [0.25, 0.3) is 0 Å². The van der Waals surface area contributed by atoms with Crippen molar-refractivity contribution >= 4 is 11.8 Å². The van der Waals surface area contributed by atoms with Crippen LogP contribution in [0.25, 0.3) is 0 Å². The zero-order valence-electron chi connectivity index (χ0n) is 17.0. The summed E-state index contributed by atoms with van der Waals surface area (Å²) < 4.78 is 0. The Hall–Kier alpha value is -1.88. The second kappa shape index (κ2) is 11.8. The summed E-state index contributed by atoms with van der Waals surface area (Å²) in [5.74, 6) is 0.454. The summed E-state index contributed by atoms with van der Waals surface area (Å²) in [6, 6.07) is 10.4. The molecular weight excluding hydrogens is 338 g/mol. The highest BCUT2D eigenvalue weighted by atomic mass is 16.2. The number of amides is 2. The Morgan fingerprint density at radius 1 is 0.852 bits per heavy atom. The third kappa shape index (κ3) is 7.33. The third-order valence-corrected chi connectivity index (χ3v) is 5.47. The van der Waals surface area contributed by atoms with Crippen molar-refractivity contribution in [2.75, 3.05) is 45.8 Å². The maximum absolute atomic E-state index is 12.4. The first-order valence-corrected chi connectivity index (χ1v) is 10.5. The van der Waals surface area contributed by atoms with Crippen LogP contribution in [0.5, 0.6) is 0 Å². The average molecular weight is 374 g/mol. The minimum Gasteiger partial charge on any atom is -0.339 e. The summed E-state index contributed by atoms with van der Waals surface area (Å²) in [4.78, 5) is 30.9. The monoisotopic (exact) mass is 373 g/mol. The van der Waals surface area contributed by atoms with E-state index in [1.165, 1.54) is 5.56 Å². The van der Waals surface area contributed by atoms with Gasteiger partial charge in [0.05, 0.1) is 0 Å². The fraction of sp³-hybridized carbons (Fsp3) is 0.636. The Kier molecular flexibility index (Phi) is 9.32. The standard InChI is InChI=1S/C22H35N3O2/c1-3-23(4-2)15-14-22(27)25-18-16-24(17-19-25)21(26)13-9-8-12-20-10-6-5-7-11-20/h5-7,10-11H,3-4,8-9,12-19H2,1-2H3. The Labute approximate surface area is 164 Å². The number of piperazine rings is 1. The summed E-state index contributed by atoms with van der Waals surface area (Å²) in [6.45, 7) is 9.73. The first-order valence-electron chi connectivity index (χ1n) is 10.5. The van der Waals surface area contributed by atoms with Crippen molar-refractivity contribution in [3.8, 4) is 0 Å². The molecule has 2 amide bonds. The van der Waals surface area contributed by atoms with Crippen LogP contribution in [0.15, 0.2) is 30.3 Å². The highest BCUT2D eigenvalue weighted by Gasteiger charge is 2.23. The number of benzene rings is 1. The van der Waals surface area contributed by atoms with Crippen LogP contribution in [0.2, 0.25) is 0 Å². The van der Waals surface area contributed by atoms with E-state index in [0.29, 0.717) is 39.0 Å². The van der Waals surface area contributed by atoms with Gasteiger partial charge in [0.1, 0.15) is 0 Å². The SMILES string of the molecule is CCN(CC)CCC(=O)N1CCN(C(=O)CCCCc2ccccc2)CC1. The number of rotatable bonds is 10. The van der Waals surface area contributed by atoms with E-state index in [9.17, 15) is 9.59 Å². The first-order chi connectivity index (χ1) is 13.1. The quantitative estimate of drug-likeness (QED) is 0.593. The lowest BCUT2D eigenvalue weighted by molar-refractivity contribution is -0.139. The maximum Gasteiger partial charge on any atom is 0.223 e. The normalized spacial score (nSPS) is 14.6. The lowest BCUT2D eigenvalue weighted by atomic mass is 10.1. The van der Waals surface area contributed by atoms with Crippen molar-refractivity contribution in [2.45, 2.75) is 46.0 Å². The molecule has 0 N–H and O–H groups in total. The maximum atomic E-state index is 12.4. The van der Waals surface area contributed by atoms with Gasteiger partial charge >= 0.3 is 0 Å². The number of nitrogens with zero attached hydrogens (tertiary/aromatic N) is 3. The summed E-state index contributed by atoms with van der Waals surface area (Å²) in [7, 11) is 0. The molecule has 0 aliphatic carbocycles. The predicted molar refractivity (Wildman–Crippen MR) is 110 cm³/mol. The van der Waals surface area contributed by atoms with Gasteiger partial charge in [0.2, 0.25) is 11.8 Å². The van der Waals surface area contributed by atoms with Gasteiger partial charge in [-0.05, 0) is 37.9 Å². The molecule has 1 aromatic carbocycles. The van der Waals surface area contributed by atoms with E-state index < -0.39 is 0 Å². The van der Waals surface area contributed by atoms with Gasteiger partial charge in [-0.15, -0.1) is 0 Å². The van der Waals surface area contributed by atoms with Gasteiger partial charge in [-0.1, -0.05) is 44.2 Å². The van der Waals surface area contributed by atoms with E-state index in [2.05, 4.69) is 43.0 Å². The molecule has 1 saturated heterocycles. The number of carbonyl (C=O) groups is 2. The molecule has 1 aromatic rings. The molecule has 0 bridgehead atoms. The van der Waals surface area contributed by atoms with E-state index in [-0.39, 0.29) is 11.8 Å². The molecule has 27 heavy (non-hydrogen) atoms. The minimum absolute atomic E-state index is 0.219. The van der Waals surface area contributed by atoms with Gasteiger partial charge in [0, 0.05) is 45.6 Å². The molecule has 150 valence electrons. The van der Waals surface area contributed by atoms with Crippen LogP contribution in [0.4, 0.5) is 0 Å². The van der Waals surface area contributed by atoms with Crippen molar-refractivity contribution in [2.24, 2.45) is 0 Å². The fourth-order valence-corrected chi connectivity index (χ4v) is 3.57. The zero-order valence-corrected chi connectivity index (χ0v) is 17.0. The van der Waals surface area contributed by atoms with Gasteiger partial charge in [0.15, 0.2) is 0 Å². The van der Waals surface area contributed by atoms with Crippen molar-refractivity contribution in [3.05, 3.63) is 35.9 Å². The molecular formula is C22H35N3O2. The fourth-order valence-electron chi connectivity index (χ4n) is 3.57. The average Bonchev–Trinajstić information content (AvgIpc) is 2.72. The molecule has 5 heteroatoms. The van der Waals surface area contributed by atoms with Crippen molar-refractivity contribution in [3.63, 3.8) is 0 Å². The van der Waals surface area contributed by atoms with Crippen LogP contribution in [0.3, 0.4) is 0 Å². The van der Waals surface area contributed by atoms with Gasteiger partial charge in [-0.25, -0.2) is 0 Å². The van der Waals surface area contributed by atoms with Crippen molar-refractivity contribution < 1.29 is 9.59 Å². The van der Waals surface area contributed by atoms with Gasteiger partial charge in [-0.2, -0.15) is 0 Å². The summed E-state index contributed by atoms with van der Waals surface area (Å²) in [5.41, 5.74) is 1.33. The minimum atomic E-state index is 0.219. The zero-order chi connectivity index (χ0) is 19.5. The molecule has 0 unspecified atom stereocenters. The molecule has 1 fully saturated rings. The molecule has 1 aliphatic rings. The van der Waals surface area contributed by atoms with Crippen molar-refractivity contribution in [1.82, 2.24) is 14.7 Å². The molecule has 1 heterocycles. The van der Waals surface area contributed by atoms with E-state index in [1.54, 1.807) is 0 Å². The van der Waals surface area contributed by atoms with E-state index in [0.717, 1.165) is 38.9 Å². The number of hydrogen-bond acceptors (Lipinski definition) is 3. The van der Waals surface area contributed by atoms with Gasteiger partial charge in [-0.3, -0.25) is 9.59 Å². The second-order valence-electron chi connectivity index (χ2n) is 7.23. The summed E-state index contributed by atoms with van der Waals surface area (Å²) >= 11 is 0. The van der Waals surface area contributed by atoms with E-state index >= 15 is 0 Å². The van der Waals surface area contributed by atoms with Crippen LogP contribution in [-0.4, -0.2) is 72.3 Å². The van der Waals surface area contributed by atoms with Crippen LogP contribution in [0.1, 0.15) is 45.1 Å². The predicted octanol–water partition coefficient (Wildman–Crippen LogP) is 2.80. The Morgan fingerprint density at radius 2 is 1.41 bits per heavy atom.